The van der Waals surface area contributed by atoms with Crippen molar-refractivity contribution in [2.75, 3.05) is 126 Å². The second kappa shape index (κ2) is 33.6. The van der Waals surface area contributed by atoms with Gasteiger partial charge in [0.25, 0.3) is 23.3 Å². The number of amides is 7. The highest BCUT2D eigenvalue weighted by molar-refractivity contribution is 6.15. The van der Waals surface area contributed by atoms with Crippen LogP contribution in [0.2, 0.25) is 0 Å². The molecule has 0 unspecified atom stereocenters. The third-order valence-electron chi connectivity index (χ3n) is 15.2. The van der Waals surface area contributed by atoms with Crippen LogP contribution in [0.1, 0.15) is 79.5 Å². The van der Waals surface area contributed by atoms with Crippen LogP contribution < -0.4 is 32.1 Å². The molecule has 29 nitrogen and oxygen atoms in total. The van der Waals surface area contributed by atoms with Crippen molar-refractivity contribution in [1.82, 2.24) is 41.0 Å². The molecule has 0 fully saturated rings. The first-order chi connectivity index (χ1) is 42.8. The Morgan fingerprint density at radius 2 is 1.30 bits per heavy atom. The number of halogens is 1. The summed E-state index contributed by atoms with van der Waals surface area (Å²) in [5.41, 5.74) is 0.630. The Bertz CT molecular complexity index is 3130. The maximum atomic E-state index is 15.4. The van der Waals surface area contributed by atoms with E-state index in [9.17, 15) is 53.4 Å². The van der Waals surface area contributed by atoms with E-state index in [4.69, 9.17) is 52.4 Å². The van der Waals surface area contributed by atoms with E-state index in [2.05, 4.69) is 26.6 Å². The Hall–Kier alpha value is -7.23. The molecule has 7 rings (SSSR count). The minimum Gasteiger partial charge on any atom is -0.458 e. The van der Waals surface area contributed by atoms with Crippen molar-refractivity contribution in [2.24, 2.45) is 0 Å². The van der Waals surface area contributed by atoms with Crippen LogP contribution in [0.3, 0.4) is 0 Å². The number of imide groups is 1. The first-order valence-electron chi connectivity index (χ1n) is 29.4. The first-order valence-corrected chi connectivity index (χ1v) is 29.4. The molecule has 6 atom stereocenters. The minimum absolute atomic E-state index is 0.00469. The first kappa shape index (κ1) is 69.2. The normalized spacial score (nSPS) is 17.8. The van der Waals surface area contributed by atoms with Gasteiger partial charge in [-0.2, -0.15) is 0 Å². The van der Waals surface area contributed by atoms with Gasteiger partial charge in [0.15, 0.2) is 11.7 Å². The number of nitrogens with one attached hydrogen (secondary N) is 5. The molecule has 3 aromatic rings. The lowest BCUT2D eigenvalue weighted by Crippen LogP contribution is -2.58. The van der Waals surface area contributed by atoms with Crippen LogP contribution in [0.15, 0.2) is 29.1 Å². The lowest BCUT2D eigenvalue weighted by molar-refractivity contribution is -0.172. The molecule has 2 aromatic heterocycles. The second-order valence-electron chi connectivity index (χ2n) is 21.2. The smallest absolute Gasteiger partial charge is 0.343 e. The van der Waals surface area contributed by atoms with Crippen molar-refractivity contribution in [1.29, 1.82) is 0 Å². The number of nitrogens with zero attached hydrogens (tertiary/aromatic N) is 3. The van der Waals surface area contributed by atoms with Crippen molar-refractivity contribution >= 4 is 58.2 Å². The van der Waals surface area contributed by atoms with Crippen molar-refractivity contribution in [3.8, 4) is 11.4 Å². The Morgan fingerprint density at radius 1 is 0.742 bits per heavy atom. The molecule has 7 N–H and O–H groups in total. The Morgan fingerprint density at radius 3 is 1.89 bits per heavy atom. The number of aliphatic hydroxyl groups excluding tert-OH is 1. The largest absolute Gasteiger partial charge is 0.458 e. The van der Waals surface area contributed by atoms with Crippen LogP contribution in [-0.4, -0.2) is 222 Å². The second-order valence-corrected chi connectivity index (χ2v) is 21.2. The van der Waals surface area contributed by atoms with Gasteiger partial charge in [-0.25, -0.2) is 14.2 Å². The van der Waals surface area contributed by atoms with Gasteiger partial charge >= 0.3 is 5.97 Å². The maximum Gasteiger partial charge on any atom is 0.343 e. The zero-order chi connectivity index (χ0) is 64.2. The number of fused-ring (bicyclic) bond motifs is 5. The van der Waals surface area contributed by atoms with E-state index in [0.717, 1.165) is 12.2 Å². The van der Waals surface area contributed by atoms with Crippen LogP contribution in [0.4, 0.5) is 4.39 Å². The van der Waals surface area contributed by atoms with Crippen molar-refractivity contribution in [2.45, 2.75) is 102 Å². The number of cyclic esters (lactones) is 1. The monoisotopic (exact) mass is 1250 g/mol. The summed E-state index contributed by atoms with van der Waals surface area (Å²) in [5, 5.41) is 35.6. The summed E-state index contributed by atoms with van der Waals surface area (Å²) in [5.74, 6) is -7.01. The molecule has 7 amide bonds. The molecular formula is C59H79FN8O21. The Balaban J connectivity index is 0.786. The molecule has 1 aromatic carbocycles. The van der Waals surface area contributed by atoms with Crippen LogP contribution in [0, 0.1) is 12.7 Å². The zero-order valence-electron chi connectivity index (χ0n) is 50.5. The summed E-state index contributed by atoms with van der Waals surface area (Å²) in [6.45, 7) is 9.44. The van der Waals surface area contributed by atoms with Gasteiger partial charge in [-0.15, -0.1) is 0 Å². The number of carbonyl (C=O) groups excluding carboxylic acids is 8. The Labute approximate surface area is 511 Å². The van der Waals surface area contributed by atoms with Gasteiger partial charge in [-0.05, 0) is 62.8 Å². The number of aromatic nitrogens is 2. The molecule has 0 saturated carbocycles. The highest BCUT2D eigenvalue weighted by atomic mass is 19.1. The third-order valence-corrected chi connectivity index (χ3v) is 15.2. The van der Waals surface area contributed by atoms with Gasteiger partial charge in [0, 0.05) is 54.8 Å². The summed E-state index contributed by atoms with van der Waals surface area (Å²) >= 11 is 0. The molecule has 4 aliphatic rings. The summed E-state index contributed by atoms with van der Waals surface area (Å²) in [6, 6.07) is -2.07. The molecule has 3 aliphatic heterocycles. The van der Waals surface area contributed by atoms with Crippen molar-refractivity contribution in [3.05, 3.63) is 73.8 Å². The summed E-state index contributed by atoms with van der Waals surface area (Å²) in [7, 11) is 1.61. The number of hydrogen-bond donors (Lipinski definition) is 7. The van der Waals surface area contributed by atoms with Gasteiger partial charge in [-0.1, -0.05) is 6.92 Å². The topological polar surface area (TPSA) is 368 Å². The predicted molar refractivity (Wildman–Crippen MR) is 309 cm³/mol. The van der Waals surface area contributed by atoms with Crippen LogP contribution in [0.5, 0.6) is 0 Å². The third kappa shape index (κ3) is 17.8. The van der Waals surface area contributed by atoms with Crippen LogP contribution in [-0.2, 0) is 111 Å². The number of rotatable bonds is 39. The zero-order valence-corrected chi connectivity index (χ0v) is 50.5. The number of ether oxygens (including phenoxy) is 10. The lowest BCUT2D eigenvalue weighted by atomic mass is 9.81. The van der Waals surface area contributed by atoms with Crippen molar-refractivity contribution in [3.63, 3.8) is 0 Å². The number of benzene rings is 1. The standard InChI is InChI=1S/C59H79FN8O21/c1-6-59(79)40-27-44-52-38(30-67(44)57(77)39(40)31-89-58(59)78)51-42(8-7-37-34(2)41(60)28-43(65-52)50(37)51)66-56(76)46(69)32-88-33-62-53(73)35(3)63-54(74)36(4)64-55(75)45(68-48(71)9-10-49(68)72)29-61-47(70)11-12-81-15-16-83-19-20-85-23-24-87-26-25-86-22-21-84-18-17-82-14-13-80-5/h9-10,27-28,35-36,42,45-46,69,79H,6-8,11-26,29-33H2,1-5H3,(H,61,70)(H,62,73)(H,63,74)(H,64,75)(H,66,76)/t35-,36-,42-,45-,46+,59-/m0/s1. The molecular weight excluding hydrogens is 1180 g/mol. The van der Waals surface area contributed by atoms with E-state index < -0.39 is 114 Å². The minimum atomic E-state index is -2.08. The van der Waals surface area contributed by atoms with Gasteiger partial charge in [0.2, 0.25) is 23.6 Å². The van der Waals surface area contributed by atoms with Gasteiger partial charge in [0.05, 0.1) is 141 Å². The number of aliphatic hydroxyl groups is 2. The van der Waals surface area contributed by atoms with E-state index in [1.54, 1.807) is 21.0 Å². The fourth-order valence-electron chi connectivity index (χ4n) is 10.3. The maximum absolute atomic E-state index is 15.4. The van der Waals surface area contributed by atoms with E-state index in [1.807, 2.05) is 0 Å². The predicted octanol–water partition coefficient (Wildman–Crippen LogP) is -1.35. The number of carbonyl (C=O) groups is 8. The van der Waals surface area contributed by atoms with Crippen LogP contribution in [0.25, 0.3) is 22.3 Å². The van der Waals surface area contributed by atoms with E-state index in [0.29, 0.717) is 124 Å². The van der Waals surface area contributed by atoms with Crippen molar-refractivity contribution < 1.29 is 100 Å². The Kier molecular flexibility index (Phi) is 26.1. The number of methoxy groups -OCH3 is 1. The van der Waals surface area contributed by atoms with E-state index in [-0.39, 0.29) is 74.6 Å². The molecule has 0 spiro atoms. The molecule has 30 heteroatoms. The lowest BCUT2D eigenvalue weighted by Gasteiger charge is -2.31. The quantitative estimate of drug-likeness (QED) is 0.0118. The number of aryl methyl sites for hydroxylation is 1. The summed E-state index contributed by atoms with van der Waals surface area (Å²) < 4.78 is 70.4. The number of pyridine rings is 2. The fraction of sp³-hybridized carbons (Fsp3) is 0.593. The van der Waals surface area contributed by atoms with E-state index in [1.165, 1.54) is 30.5 Å². The molecule has 1 aliphatic carbocycles. The SMILES string of the molecule is CC[C@@]1(O)C(=O)OCc2c1cc1n(c2=O)Cc2c-1nc1cc(F)c(C)c3c1c2[C@@H](NC(=O)[C@H](O)COCNC(=O)[C@H](C)NC(=O)[C@H](C)NC(=O)[C@H](CNC(=O)CCOCCOCCOCCOCCOCCOCCOCCOC)N1C(=O)C=CC1=O)CC3. The molecule has 89 heavy (non-hydrogen) atoms. The highest BCUT2D eigenvalue weighted by Crippen LogP contribution is 2.46. The van der Waals surface area contributed by atoms with Crippen LogP contribution >= 0.6 is 0 Å². The number of hydrogen-bond acceptors (Lipinski definition) is 22. The molecule has 5 heterocycles. The van der Waals surface area contributed by atoms with Gasteiger partial charge < -0.3 is 88.7 Å². The highest BCUT2D eigenvalue weighted by Gasteiger charge is 2.46. The average molecular weight is 1260 g/mol. The van der Waals surface area contributed by atoms with Gasteiger partial charge in [0.1, 0.15) is 37.3 Å². The number of esters is 1. The van der Waals surface area contributed by atoms with E-state index >= 15 is 4.39 Å². The molecule has 0 radical (unpaired) electrons. The average Bonchev–Trinajstić information content (AvgIpc) is 1.91. The summed E-state index contributed by atoms with van der Waals surface area (Å²) in [6.07, 6.45) is 0.548. The fourth-order valence-corrected chi connectivity index (χ4v) is 10.3. The molecule has 488 valence electrons. The molecule has 0 saturated heterocycles. The summed E-state index contributed by atoms with van der Waals surface area (Å²) in [4.78, 5) is 124. The van der Waals surface area contributed by atoms with Gasteiger partial charge in [-0.3, -0.25) is 43.3 Å². The molecule has 0 bridgehead atoms.